The number of hydrogen-bond donors (Lipinski definition) is 1. The molecule has 3 rings (SSSR count). The van der Waals surface area contributed by atoms with Crippen molar-refractivity contribution in [1.29, 1.82) is 0 Å². The Morgan fingerprint density at radius 1 is 1.38 bits per heavy atom. The zero-order valence-electron chi connectivity index (χ0n) is 14.1. The van der Waals surface area contributed by atoms with Gasteiger partial charge in [-0.1, -0.05) is 12.1 Å². The van der Waals surface area contributed by atoms with E-state index in [0.29, 0.717) is 17.5 Å². The standard InChI is InChI=1S/C18H22FN3O2/c1-18(2,3)22-10-13(9-20-22)17(24)21-11-15(23)8-16(21)12-5-4-6-14(19)7-12/h4-7,9-10,15-16,23H,8,11H2,1-3H3/t15-,16-/m1/s1. The Morgan fingerprint density at radius 3 is 2.75 bits per heavy atom. The smallest absolute Gasteiger partial charge is 0.257 e. The van der Waals surface area contributed by atoms with Crippen molar-refractivity contribution in [2.75, 3.05) is 6.54 Å². The highest BCUT2D eigenvalue weighted by molar-refractivity contribution is 5.94. The number of β-amino-alcohol motifs (C(OH)–C–C–N with tert-alkyl or cyclic N) is 1. The normalized spacial score (nSPS) is 21.3. The third kappa shape index (κ3) is 3.19. The molecule has 128 valence electrons. The van der Waals surface area contributed by atoms with Gasteiger partial charge >= 0.3 is 0 Å². The van der Waals surface area contributed by atoms with E-state index in [-0.39, 0.29) is 29.8 Å². The van der Waals surface area contributed by atoms with E-state index >= 15 is 0 Å². The van der Waals surface area contributed by atoms with Gasteiger partial charge in [0.2, 0.25) is 0 Å². The van der Waals surface area contributed by atoms with E-state index in [1.54, 1.807) is 34.1 Å². The summed E-state index contributed by atoms with van der Waals surface area (Å²) >= 11 is 0. The van der Waals surface area contributed by atoms with Crippen LogP contribution in [0.3, 0.4) is 0 Å². The monoisotopic (exact) mass is 331 g/mol. The lowest BCUT2D eigenvalue weighted by Gasteiger charge is -2.24. The van der Waals surface area contributed by atoms with Gasteiger partial charge in [-0.25, -0.2) is 4.39 Å². The van der Waals surface area contributed by atoms with Crippen molar-refractivity contribution in [3.63, 3.8) is 0 Å². The number of halogens is 1. The van der Waals surface area contributed by atoms with Crippen molar-refractivity contribution in [1.82, 2.24) is 14.7 Å². The van der Waals surface area contributed by atoms with Gasteiger partial charge in [0.05, 0.1) is 29.4 Å². The van der Waals surface area contributed by atoms with Crippen LogP contribution in [0.2, 0.25) is 0 Å². The average molecular weight is 331 g/mol. The highest BCUT2D eigenvalue weighted by atomic mass is 19.1. The summed E-state index contributed by atoms with van der Waals surface area (Å²) in [7, 11) is 0. The topological polar surface area (TPSA) is 58.4 Å². The van der Waals surface area contributed by atoms with Gasteiger partial charge < -0.3 is 10.0 Å². The molecule has 2 aromatic rings. The lowest BCUT2D eigenvalue weighted by molar-refractivity contribution is 0.0715. The first kappa shape index (κ1) is 16.6. The van der Waals surface area contributed by atoms with Gasteiger partial charge in [-0.05, 0) is 44.9 Å². The summed E-state index contributed by atoms with van der Waals surface area (Å²) in [5, 5.41) is 14.3. The molecule has 2 heterocycles. The molecular formula is C18H22FN3O2. The fourth-order valence-electron chi connectivity index (χ4n) is 3.03. The minimum Gasteiger partial charge on any atom is -0.391 e. The molecule has 1 aromatic carbocycles. The molecular weight excluding hydrogens is 309 g/mol. The molecule has 0 aliphatic carbocycles. The predicted octanol–water partition coefficient (Wildman–Crippen LogP) is 2.73. The van der Waals surface area contributed by atoms with Crippen LogP contribution in [0.15, 0.2) is 36.7 Å². The number of likely N-dealkylation sites (tertiary alicyclic amines) is 1. The van der Waals surface area contributed by atoms with Gasteiger partial charge in [0, 0.05) is 12.7 Å². The maximum atomic E-state index is 13.5. The van der Waals surface area contributed by atoms with Gasteiger partial charge in [-0.2, -0.15) is 5.10 Å². The zero-order valence-corrected chi connectivity index (χ0v) is 14.1. The number of hydrogen-bond acceptors (Lipinski definition) is 3. The first-order valence-corrected chi connectivity index (χ1v) is 8.05. The average Bonchev–Trinajstić information content (AvgIpc) is 3.12. The minimum absolute atomic E-state index is 0.198. The van der Waals surface area contributed by atoms with E-state index in [0.717, 1.165) is 0 Å². The molecule has 0 radical (unpaired) electrons. The van der Waals surface area contributed by atoms with E-state index in [4.69, 9.17) is 0 Å². The fraction of sp³-hybridized carbons (Fsp3) is 0.444. The molecule has 6 heteroatoms. The van der Waals surface area contributed by atoms with Crippen LogP contribution < -0.4 is 0 Å². The Kier molecular flexibility index (Phi) is 4.17. The fourth-order valence-corrected chi connectivity index (χ4v) is 3.03. The first-order valence-electron chi connectivity index (χ1n) is 8.05. The van der Waals surface area contributed by atoms with Crippen molar-refractivity contribution < 1.29 is 14.3 Å². The molecule has 1 aromatic heterocycles. The van der Waals surface area contributed by atoms with Gasteiger partial charge in [0.1, 0.15) is 5.82 Å². The number of aliphatic hydroxyl groups is 1. The van der Waals surface area contributed by atoms with Gasteiger partial charge in [0.15, 0.2) is 0 Å². The van der Waals surface area contributed by atoms with Gasteiger partial charge in [-0.3, -0.25) is 9.48 Å². The molecule has 5 nitrogen and oxygen atoms in total. The Hall–Kier alpha value is -2.21. The molecule has 0 bridgehead atoms. The Bertz CT molecular complexity index is 751. The maximum Gasteiger partial charge on any atom is 0.257 e. The third-order valence-electron chi connectivity index (χ3n) is 4.29. The number of carbonyl (C=O) groups excluding carboxylic acids is 1. The molecule has 1 aliphatic rings. The highest BCUT2D eigenvalue weighted by Crippen LogP contribution is 2.33. The summed E-state index contributed by atoms with van der Waals surface area (Å²) in [6.45, 7) is 6.25. The van der Waals surface area contributed by atoms with Crippen molar-refractivity contribution in [2.24, 2.45) is 0 Å². The molecule has 24 heavy (non-hydrogen) atoms. The van der Waals surface area contributed by atoms with Crippen LogP contribution in [-0.2, 0) is 5.54 Å². The maximum absolute atomic E-state index is 13.5. The van der Waals surface area contributed by atoms with Gasteiger partial charge in [0.25, 0.3) is 5.91 Å². The van der Waals surface area contributed by atoms with E-state index in [1.165, 1.54) is 12.1 Å². The molecule has 1 aliphatic heterocycles. The van der Waals surface area contributed by atoms with Crippen molar-refractivity contribution in [3.8, 4) is 0 Å². The minimum atomic E-state index is -0.611. The van der Waals surface area contributed by atoms with E-state index in [2.05, 4.69) is 5.10 Å². The largest absolute Gasteiger partial charge is 0.391 e. The van der Waals surface area contributed by atoms with Crippen LogP contribution in [0.4, 0.5) is 4.39 Å². The molecule has 1 N–H and O–H groups in total. The number of nitrogens with zero attached hydrogens (tertiary/aromatic N) is 3. The quantitative estimate of drug-likeness (QED) is 0.920. The summed E-state index contributed by atoms with van der Waals surface area (Å²) in [5.74, 6) is -0.543. The second-order valence-electron chi connectivity index (χ2n) is 7.26. The second kappa shape index (κ2) is 6.02. The van der Waals surface area contributed by atoms with Crippen molar-refractivity contribution >= 4 is 5.91 Å². The Morgan fingerprint density at radius 2 is 2.12 bits per heavy atom. The number of rotatable bonds is 2. The number of amides is 1. The number of aromatic nitrogens is 2. The van der Waals surface area contributed by atoms with E-state index in [9.17, 15) is 14.3 Å². The Balaban J connectivity index is 1.88. The third-order valence-corrected chi connectivity index (χ3v) is 4.29. The lowest BCUT2D eigenvalue weighted by Crippen LogP contribution is -2.31. The van der Waals surface area contributed by atoms with Crippen LogP contribution in [0, 0.1) is 5.82 Å². The zero-order chi connectivity index (χ0) is 17.5. The van der Waals surface area contributed by atoms with E-state index < -0.39 is 6.10 Å². The van der Waals surface area contributed by atoms with Crippen LogP contribution in [0.1, 0.15) is 49.2 Å². The van der Waals surface area contributed by atoms with E-state index in [1.807, 2.05) is 20.8 Å². The SMILES string of the molecule is CC(C)(C)n1cc(C(=O)N2C[C@H](O)C[C@@H]2c2cccc(F)c2)cn1. The van der Waals surface area contributed by atoms with Crippen molar-refractivity contribution in [2.45, 2.75) is 44.9 Å². The molecule has 0 unspecified atom stereocenters. The molecule has 0 saturated carbocycles. The first-order chi connectivity index (χ1) is 11.3. The summed E-state index contributed by atoms with van der Waals surface area (Å²) in [5.41, 5.74) is 0.953. The van der Waals surface area contributed by atoms with Gasteiger partial charge in [-0.15, -0.1) is 0 Å². The summed E-state index contributed by atoms with van der Waals surface area (Å²) in [6.07, 6.45) is 3.05. The summed E-state index contributed by atoms with van der Waals surface area (Å²) in [6, 6.07) is 5.86. The van der Waals surface area contributed by atoms with Crippen LogP contribution in [-0.4, -0.2) is 38.3 Å². The van der Waals surface area contributed by atoms with Crippen LogP contribution >= 0.6 is 0 Å². The summed E-state index contributed by atoms with van der Waals surface area (Å²) < 4.78 is 15.3. The van der Waals surface area contributed by atoms with Crippen LogP contribution in [0.5, 0.6) is 0 Å². The second-order valence-corrected chi connectivity index (χ2v) is 7.26. The molecule has 1 saturated heterocycles. The lowest BCUT2D eigenvalue weighted by atomic mass is 10.0. The Labute approximate surface area is 140 Å². The molecule has 1 fully saturated rings. The van der Waals surface area contributed by atoms with Crippen molar-refractivity contribution in [3.05, 3.63) is 53.6 Å². The molecule has 1 amide bonds. The molecule has 2 atom stereocenters. The van der Waals surface area contributed by atoms with Crippen LogP contribution in [0.25, 0.3) is 0 Å². The number of benzene rings is 1. The number of carbonyl (C=O) groups is 1. The number of aliphatic hydroxyl groups excluding tert-OH is 1. The summed E-state index contributed by atoms with van der Waals surface area (Å²) in [4.78, 5) is 14.5. The molecule has 0 spiro atoms. The highest BCUT2D eigenvalue weighted by Gasteiger charge is 2.36. The predicted molar refractivity (Wildman–Crippen MR) is 88.0 cm³/mol.